The number of likely N-dealkylation sites (tertiary alicyclic amines) is 1. The maximum Gasteiger partial charge on any atom is 0.303 e. The van der Waals surface area contributed by atoms with Gasteiger partial charge in [-0.2, -0.15) is 12.6 Å². The Morgan fingerprint density at radius 2 is 0.889 bits per heavy atom. The molecule has 31 N–H and O–H groups in total. The molecule has 0 unspecified atom stereocenters. The molecule has 0 bridgehead atoms. The van der Waals surface area contributed by atoms with Crippen LogP contribution in [0.25, 0.3) is 0 Å². The van der Waals surface area contributed by atoms with Gasteiger partial charge < -0.3 is 138 Å². The molecule has 0 spiro atoms. The smallest absolute Gasteiger partial charge is 0.303 e. The minimum Gasteiger partial charge on any atom is -0.508 e. The average molecular weight is 1670 g/mol. The van der Waals surface area contributed by atoms with Crippen LogP contribution in [0.4, 0.5) is 0 Å². The maximum atomic E-state index is 14.5. The van der Waals surface area contributed by atoms with Crippen molar-refractivity contribution in [1.82, 2.24) is 90.0 Å². The van der Waals surface area contributed by atoms with Crippen molar-refractivity contribution in [3.8, 4) is 11.5 Å². The molecule has 47 nitrogen and oxygen atoms in total. The van der Waals surface area contributed by atoms with E-state index in [0.29, 0.717) is 5.56 Å². The molecule has 0 radical (unpaired) electrons. The number of nitrogens with one attached hydrogen (secondary N) is 18. The summed E-state index contributed by atoms with van der Waals surface area (Å²) < 4.78 is 0. The third-order valence-corrected chi connectivity index (χ3v) is 17.5. The van der Waals surface area contributed by atoms with Gasteiger partial charge in [0, 0.05) is 58.0 Å². The Morgan fingerprint density at radius 1 is 0.470 bits per heavy atom. The first-order valence-corrected chi connectivity index (χ1v) is 37.1. The predicted molar refractivity (Wildman–Crippen MR) is 412 cm³/mol. The highest BCUT2D eigenvalue weighted by Crippen LogP contribution is 2.21. The van der Waals surface area contributed by atoms with Gasteiger partial charge in [0.2, 0.25) is 100 Å². The van der Waals surface area contributed by atoms with Gasteiger partial charge in [-0.1, -0.05) is 24.3 Å². The van der Waals surface area contributed by atoms with Crippen LogP contribution in [0, 0.1) is 10.8 Å². The van der Waals surface area contributed by atoms with E-state index < -0.39 is 262 Å². The van der Waals surface area contributed by atoms with Gasteiger partial charge in [0.1, 0.15) is 78.0 Å². The molecule has 0 aromatic heterocycles. The number of carbonyl (C=O) groups is 19. The van der Waals surface area contributed by atoms with Crippen LogP contribution >= 0.6 is 12.6 Å². The van der Waals surface area contributed by atoms with E-state index in [1.54, 1.807) is 0 Å². The lowest BCUT2D eigenvalue weighted by molar-refractivity contribution is -0.143. The second-order valence-corrected chi connectivity index (χ2v) is 27.1. The molecule has 117 heavy (non-hydrogen) atoms. The molecule has 3 rings (SSSR count). The molecular weight excluding hydrogens is 1570 g/mol. The third-order valence-electron chi connectivity index (χ3n) is 17.2. The highest BCUT2D eigenvalue weighted by atomic mass is 32.1. The first kappa shape index (κ1) is 98.0. The molecule has 2 aromatic carbocycles. The Balaban J connectivity index is 1.81. The van der Waals surface area contributed by atoms with Crippen LogP contribution < -0.4 is 108 Å². The van der Waals surface area contributed by atoms with E-state index in [-0.39, 0.29) is 87.4 Å². The Labute approximate surface area is 674 Å². The van der Waals surface area contributed by atoms with E-state index in [1.807, 2.05) is 0 Å². The first-order valence-electron chi connectivity index (χ1n) is 36.5. The molecule has 1 fully saturated rings. The van der Waals surface area contributed by atoms with Crippen LogP contribution in [0.3, 0.4) is 0 Å². The zero-order valence-corrected chi connectivity index (χ0v) is 65.0. The minimum absolute atomic E-state index is 0.0118. The summed E-state index contributed by atoms with van der Waals surface area (Å²) in [5, 5.41) is 103. The predicted octanol–water partition coefficient (Wildman–Crippen LogP) is -10.8. The number of hydrogen-bond acceptors (Lipinski definition) is 25. The molecule has 2 aromatic rings. The Bertz CT molecular complexity index is 3910. The summed E-state index contributed by atoms with van der Waals surface area (Å²) in [5.74, 6) is -21.7. The van der Waals surface area contributed by atoms with Crippen molar-refractivity contribution in [2.45, 2.75) is 177 Å². The van der Waals surface area contributed by atoms with Crippen molar-refractivity contribution in [3.05, 3.63) is 59.7 Å². The lowest BCUT2D eigenvalue weighted by Crippen LogP contribution is -2.61. The second kappa shape index (κ2) is 50.1. The zero-order valence-electron chi connectivity index (χ0n) is 64.1. The second-order valence-electron chi connectivity index (χ2n) is 26.8. The topological polar surface area (TPSA) is 773 Å². The summed E-state index contributed by atoms with van der Waals surface area (Å²) in [5.41, 5.74) is 22.5. The van der Waals surface area contributed by atoms with Gasteiger partial charge in [-0.25, -0.2) is 0 Å². The largest absolute Gasteiger partial charge is 0.508 e. The van der Waals surface area contributed by atoms with E-state index in [1.165, 1.54) is 55.5 Å². The van der Waals surface area contributed by atoms with Gasteiger partial charge >= 0.3 is 11.9 Å². The van der Waals surface area contributed by atoms with E-state index in [9.17, 15) is 117 Å². The van der Waals surface area contributed by atoms with Crippen LogP contribution in [0.15, 0.2) is 48.5 Å². The number of phenolic OH excluding ortho intramolecular Hbond substituents is 2. The van der Waals surface area contributed by atoms with Crippen LogP contribution in [-0.4, -0.2) is 279 Å². The van der Waals surface area contributed by atoms with E-state index in [2.05, 4.69) is 97.7 Å². The Kier molecular flexibility index (Phi) is 42.0. The fourth-order valence-corrected chi connectivity index (χ4v) is 11.4. The number of aliphatic carboxylic acids is 2. The number of benzene rings is 2. The molecule has 0 saturated carbocycles. The summed E-state index contributed by atoms with van der Waals surface area (Å²) in [4.78, 5) is 251. The number of carboxylic acids is 2. The van der Waals surface area contributed by atoms with Crippen LogP contribution in [0.2, 0.25) is 0 Å². The van der Waals surface area contributed by atoms with Crippen LogP contribution in [0.5, 0.6) is 11.5 Å². The average Bonchev–Trinajstić information content (AvgIpc) is 1.75. The summed E-state index contributed by atoms with van der Waals surface area (Å²) in [6, 6.07) is -6.52. The van der Waals surface area contributed by atoms with Gasteiger partial charge in [0.05, 0.1) is 38.7 Å². The van der Waals surface area contributed by atoms with Gasteiger partial charge in [0.15, 0.2) is 11.9 Å². The number of nitrogens with two attached hydrogens (primary N) is 4. The van der Waals surface area contributed by atoms with Crippen molar-refractivity contribution in [3.63, 3.8) is 0 Å². The number of phenols is 2. The van der Waals surface area contributed by atoms with Crippen molar-refractivity contribution >= 4 is 137 Å². The number of guanidine groups is 2. The minimum atomic E-state index is -2.03. The number of aromatic hydroxyl groups is 2. The number of aliphatic hydroxyl groups is 1. The standard InChI is InChI=1S/C69H103N23O24S/c1-33(58(107)89-44(57(71)106)25-36-10-14-38(95)15-11-36)82-62(111)41(8-5-23-77-69(74)75)87-64(113)45(26-37-12-16-39(96)17-13-37)90-66(115)56(34(2)93)91-63(112)42(18-20-54(102)103)84-52(100)30-80-59(108)40(7-4-22-76-68(72)73)88-65(114)48-9-6-24-92(48)67(116)43(19-21-55(104)105)85-53(101)31-81-60(109)46(27-49(70)97)86-51(99)29-78-50(98)28-79-61(110)47(32-117)83-35(3)94/h10-17,33-34,40-48,56,93,95-96,117H,4-9,18-32H2,1-3H3,(H2,70,97)(H2,71,106)(H,78,98)(H,79,110)(H,80,108)(H,81,109)(H,82,111)(H,83,94)(H,84,100)(H,85,101)(H,86,99)(H,87,113)(H,88,114)(H,89,107)(H,90,115)(H,91,112)(H,102,103)(H,104,105)(H4,72,73,76)(H4,74,75,77)/t33-,34+,40-,41-,42-,43-,44-,45-,46-,47-,48-,56-/m0/s1. The normalized spacial score (nSPS) is 14.9. The molecule has 17 amide bonds. The highest BCUT2D eigenvalue weighted by Gasteiger charge is 2.41. The quantitative estimate of drug-likeness (QED) is 0.0127. The molecule has 12 atom stereocenters. The lowest BCUT2D eigenvalue weighted by Gasteiger charge is -2.30. The third kappa shape index (κ3) is 37.6. The summed E-state index contributed by atoms with van der Waals surface area (Å²) in [7, 11) is 0. The van der Waals surface area contributed by atoms with Crippen molar-refractivity contribution in [2.75, 3.05) is 51.6 Å². The number of hydrogen-bond donors (Lipinski definition) is 28. The summed E-state index contributed by atoms with van der Waals surface area (Å²) >= 11 is 3.96. The Hall–Kier alpha value is -13.2. The van der Waals surface area contributed by atoms with E-state index in [4.69, 9.17) is 33.8 Å². The molecule has 48 heteroatoms. The Morgan fingerprint density at radius 3 is 1.37 bits per heavy atom. The molecule has 1 heterocycles. The van der Waals surface area contributed by atoms with Crippen molar-refractivity contribution in [2.24, 2.45) is 22.9 Å². The molecule has 644 valence electrons. The number of primary amides is 2. The van der Waals surface area contributed by atoms with Crippen LogP contribution in [0.1, 0.15) is 103 Å². The van der Waals surface area contributed by atoms with Gasteiger partial charge in [0.25, 0.3) is 0 Å². The summed E-state index contributed by atoms with van der Waals surface area (Å²) in [6.45, 7) is -0.256. The SMILES string of the molecule is CC(=O)N[C@@H](CS)C(=O)NCC(=O)NCC(=O)N[C@@H](CC(N)=O)C(=O)NCC(=O)N[C@@H](CCC(=O)O)C(=O)N1CCC[C@H]1C(=O)N[C@@H](CCCNC(=N)N)C(=O)NCC(=O)N[C@@H](CCC(=O)O)C(=O)N[C@H](C(=O)N[C@@H](Cc1ccc(O)cc1)C(=O)N[C@@H](CCCNC(=N)N)C(=O)N[C@@H](C)C(=O)N[C@@H](Cc1ccc(O)cc1)C(N)=O)[C@@H](C)O. The molecule has 1 aliphatic rings. The maximum absolute atomic E-state index is 14.5. The fourth-order valence-electron chi connectivity index (χ4n) is 11.2. The molecular formula is C69H103N23O24S. The molecule has 1 aliphatic heterocycles. The van der Waals surface area contributed by atoms with Crippen LogP contribution in [-0.2, 0) is 104 Å². The number of rotatable bonds is 51. The van der Waals surface area contributed by atoms with Crippen molar-refractivity contribution in [1.29, 1.82) is 10.8 Å². The van der Waals surface area contributed by atoms with E-state index >= 15 is 0 Å². The number of aliphatic hydroxyl groups excluding tert-OH is 1. The number of nitrogens with zero attached hydrogens (tertiary/aromatic N) is 1. The number of carbonyl (C=O) groups excluding carboxylic acids is 17. The highest BCUT2D eigenvalue weighted by molar-refractivity contribution is 7.80. The first-order chi connectivity index (χ1) is 55.1. The number of thiol groups is 1. The number of carboxylic acid groups (broad SMARTS) is 2. The van der Waals surface area contributed by atoms with Gasteiger partial charge in [-0.3, -0.25) is 102 Å². The monoisotopic (exact) mass is 1670 g/mol. The fraction of sp³-hybridized carbons (Fsp3) is 0.522. The lowest BCUT2D eigenvalue weighted by atomic mass is 10.0. The van der Waals surface area contributed by atoms with E-state index in [0.717, 1.165) is 18.7 Å². The van der Waals surface area contributed by atoms with Crippen molar-refractivity contribution < 1.29 is 117 Å². The summed E-state index contributed by atoms with van der Waals surface area (Å²) in [6.07, 6.45) is -6.46. The van der Waals surface area contributed by atoms with Gasteiger partial charge in [-0.15, -0.1) is 0 Å². The molecule has 0 aliphatic carbocycles. The van der Waals surface area contributed by atoms with Gasteiger partial charge in [-0.05, 0) is 101 Å². The number of amides is 17. The zero-order chi connectivity index (χ0) is 87.8. The molecule has 1 saturated heterocycles.